The molecule has 2 aromatic carbocycles. The van der Waals surface area contributed by atoms with E-state index in [1.54, 1.807) is 41.2 Å². The molecular formula is C20H19N3O4P+. The molecule has 142 valence electrons. The molecule has 0 spiro atoms. The molecule has 28 heavy (non-hydrogen) atoms. The number of rotatable bonds is 7. The number of amides is 1. The van der Waals surface area contributed by atoms with Gasteiger partial charge in [-0.25, -0.2) is 0 Å². The van der Waals surface area contributed by atoms with Gasteiger partial charge in [0, 0.05) is 34.5 Å². The van der Waals surface area contributed by atoms with E-state index in [1.807, 2.05) is 37.4 Å². The minimum atomic E-state index is -2.63. The van der Waals surface area contributed by atoms with Crippen molar-refractivity contribution < 1.29 is 18.8 Å². The van der Waals surface area contributed by atoms with Crippen LogP contribution < -0.4 is 5.32 Å². The van der Waals surface area contributed by atoms with Crippen LogP contribution in [0.15, 0.2) is 66.9 Å². The van der Waals surface area contributed by atoms with E-state index in [9.17, 15) is 9.36 Å². The zero-order valence-electron chi connectivity index (χ0n) is 15.1. The largest absolute Gasteiger partial charge is 0.695 e. The van der Waals surface area contributed by atoms with Gasteiger partial charge in [0.25, 0.3) is 0 Å². The highest BCUT2D eigenvalue weighted by Gasteiger charge is 2.12. The van der Waals surface area contributed by atoms with Crippen molar-refractivity contribution in [3.05, 3.63) is 78.0 Å². The molecule has 0 bridgehead atoms. The molecular weight excluding hydrogens is 377 g/mol. The first-order valence-corrected chi connectivity index (χ1v) is 9.60. The lowest BCUT2D eigenvalue weighted by Gasteiger charge is -2.04. The van der Waals surface area contributed by atoms with Crippen molar-refractivity contribution in [1.29, 1.82) is 0 Å². The fourth-order valence-electron chi connectivity index (χ4n) is 2.69. The van der Waals surface area contributed by atoms with Crippen LogP contribution >= 0.6 is 8.25 Å². The third-order valence-electron chi connectivity index (χ3n) is 3.99. The molecule has 0 radical (unpaired) electrons. The van der Waals surface area contributed by atoms with Crippen molar-refractivity contribution in [2.45, 2.75) is 6.61 Å². The molecule has 1 unspecified atom stereocenters. The van der Waals surface area contributed by atoms with Gasteiger partial charge in [-0.05, 0) is 23.8 Å². The van der Waals surface area contributed by atoms with Crippen LogP contribution in [0.1, 0.15) is 11.1 Å². The Bertz CT molecular complexity index is 998. The van der Waals surface area contributed by atoms with Gasteiger partial charge in [-0.15, -0.1) is 9.42 Å². The van der Waals surface area contributed by atoms with Crippen LogP contribution in [-0.4, -0.2) is 20.6 Å². The number of hydrogen-bond acceptors (Lipinski definition) is 4. The Kier molecular flexibility index (Phi) is 6.45. The SMILES string of the molecule is Cn1ncc(C=CC(=O)Nc2ccc(CO[P+](=O)O)cc2)c1-c1ccccc1. The summed E-state index contributed by atoms with van der Waals surface area (Å²) in [4.78, 5) is 20.9. The van der Waals surface area contributed by atoms with Gasteiger partial charge in [-0.2, -0.15) is 5.10 Å². The molecule has 0 saturated heterocycles. The van der Waals surface area contributed by atoms with Crippen LogP contribution in [0.3, 0.4) is 0 Å². The van der Waals surface area contributed by atoms with Gasteiger partial charge in [0.2, 0.25) is 5.91 Å². The van der Waals surface area contributed by atoms with Crippen molar-refractivity contribution in [2.24, 2.45) is 7.05 Å². The normalized spacial score (nSPS) is 11.6. The van der Waals surface area contributed by atoms with Crippen LogP contribution in [0.2, 0.25) is 0 Å². The standard InChI is InChI=1S/C20H18N3O4P/c1-23-20(16-5-3-2-4-6-16)17(13-21-23)9-12-19(24)22-18-10-7-15(8-11-18)14-27-28(25)26/h2-13H,14H2,1H3,(H-,22,24,25,26)/p+1. The summed E-state index contributed by atoms with van der Waals surface area (Å²) in [5, 5.41) is 7.05. The highest BCUT2D eigenvalue weighted by Crippen LogP contribution is 2.24. The molecule has 0 saturated carbocycles. The zero-order valence-corrected chi connectivity index (χ0v) is 16.0. The maximum Gasteiger partial charge on any atom is 0.695 e. The molecule has 8 heteroatoms. The molecule has 2 N–H and O–H groups in total. The van der Waals surface area contributed by atoms with Crippen LogP contribution in [0.5, 0.6) is 0 Å². The van der Waals surface area contributed by atoms with E-state index in [0.29, 0.717) is 5.69 Å². The van der Waals surface area contributed by atoms with Crippen molar-refractivity contribution >= 4 is 25.9 Å². The number of nitrogens with zero attached hydrogens (tertiary/aromatic N) is 2. The average molecular weight is 396 g/mol. The van der Waals surface area contributed by atoms with E-state index in [2.05, 4.69) is 14.9 Å². The Morgan fingerprint density at radius 3 is 2.61 bits per heavy atom. The van der Waals surface area contributed by atoms with E-state index in [-0.39, 0.29) is 12.5 Å². The van der Waals surface area contributed by atoms with Crippen molar-refractivity contribution in [3.63, 3.8) is 0 Å². The van der Waals surface area contributed by atoms with Gasteiger partial charge in [-0.3, -0.25) is 9.48 Å². The fourth-order valence-corrected chi connectivity index (χ4v) is 2.95. The van der Waals surface area contributed by atoms with E-state index < -0.39 is 8.25 Å². The smallest absolute Gasteiger partial charge is 0.323 e. The maximum absolute atomic E-state index is 12.2. The van der Waals surface area contributed by atoms with Crippen LogP contribution in [-0.2, 0) is 27.5 Å². The Morgan fingerprint density at radius 2 is 1.93 bits per heavy atom. The van der Waals surface area contributed by atoms with E-state index >= 15 is 0 Å². The minimum absolute atomic E-state index is 0.0309. The summed E-state index contributed by atoms with van der Waals surface area (Å²) in [5.74, 6) is -0.273. The van der Waals surface area contributed by atoms with Crippen molar-refractivity contribution in [1.82, 2.24) is 9.78 Å². The maximum atomic E-state index is 12.2. The number of aromatic nitrogens is 2. The van der Waals surface area contributed by atoms with E-state index in [0.717, 1.165) is 22.4 Å². The summed E-state index contributed by atoms with van der Waals surface area (Å²) in [7, 11) is -0.767. The third-order valence-corrected chi connectivity index (χ3v) is 4.34. The Balaban J connectivity index is 1.66. The lowest BCUT2D eigenvalue weighted by Crippen LogP contribution is -2.07. The summed E-state index contributed by atoms with van der Waals surface area (Å²) < 4.78 is 17.0. The van der Waals surface area contributed by atoms with Crippen LogP contribution in [0, 0.1) is 0 Å². The molecule has 1 aromatic heterocycles. The average Bonchev–Trinajstić information content (AvgIpc) is 3.07. The molecule has 1 amide bonds. The molecule has 0 fully saturated rings. The van der Waals surface area contributed by atoms with Gasteiger partial charge < -0.3 is 5.32 Å². The third kappa shape index (κ3) is 5.20. The van der Waals surface area contributed by atoms with Crippen molar-refractivity contribution in [3.8, 4) is 11.3 Å². The highest BCUT2D eigenvalue weighted by atomic mass is 31.1. The molecule has 7 nitrogen and oxygen atoms in total. The second kappa shape index (κ2) is 9.19. The van der Waals surface area contributed by atoms with Crippen LogP contribution in [0.25, 0.3) is 17.3 Å². The quantitative estimate of drug-likeness (QED) is 0.467. The van der Waals surface area contributed by atoms with Gasteiger partial charge >= 0.3 is 8.25 Å². The monoisotopic (exact) mass is 396 g/mol. The molecule has 3 aromatic rings. The molecule has 0 aliphatic heterocycles. The molecule has 1 heterocycles. The number of carbonyl (C=O) groups excluding carboxylic acids is 1. The summed E-state index contributed by atoms with van der Waals surface area (Å²) in [6, 6.07) is 16.7. The van der Waals surface area contributed by atoms with E-state index in [4.69, 9.17) is 4.89 Å². The molecule has 0 aliphatic rings. The summed E-state index contributed by atoms with van der Waals surface area (Å²) in [6.07, 6.45) is 4.90. The predicted molar refractivity (Wildman–Crippen MR) is 107 cm³/mol. The van der Waals surface area contributed by atoms with Crippen molar-refractivity contribution in [2.75, 3.05) is 5.32 Å². The number of benzene rings is 2. The van der Waals surface area contributed by atoms with Crippen LogP contribution in [0.4, 0.5) is 5.69 Å². The van der Waals surface area contributed by atoms with Gasteiger partial charge in [0.15, 0.2) is 0 Å². The molecule has 0 aliphatic carbocycles. The second-order valence-electron chi connectivity index (χ2n) is 5.97. The first kappa shape index (κ1) is 19.6. The number of carbonyl (C=O) groups is 1. The minimum Gasteiger partial charge on any atom is -0.323 e. The summed E-state index contributed by atoms with van der Waals surface area (Å²) in [5.41, 5.74) is 4.13. The first-order chi connectivity index (χ1) is 13.5. The number of hydrogen-bond donors (Lipinski definition) is 2. The Labute approximate surface area is 163 Å². The van der Waals surface area contributed by atoms with Gasteiger partial charge in [0.05, 0.1) is 11.9 Å². The van der Waals surface area contributed by atoms with Gasteiger partial charge in [0.1, 0.15) is 6.61 Å². The number of nitrogens with one attached hydrogen (secondary N) is 1. The Hall–Kier alpha value is -3.12. The second-order valence-corrected chi connectivity index (χ2v) is 6.70. The Morgan fingerprint density at radius 1 is 1.21 bits per heavy atom. The lowest BCUT2D eigenvalue weighted by atomic mass is 10.1. The van der Waals surface area contributed by atoms with E-state index in [1.165, 1.54) is 6.08 Å². The fraction of sp³-hybridized carbons (Fsp3) is 0.100. The topological polar surface area (TPSA) is 93.5 Å². The lowest BCUT2D eigenvalue weighted by molar-refractivity contribution is -0.111. The molecule has 3 rings (SSSR count). The predicted octanol–water partition coefficient (Wildman–Crippen LogP) is 3.91. The number of anilines is 1. The summed E-state index contributed by atoms with van der Waals surface area (Å²) >= 11 is 0. The first-order valence-electron chi connectivity index (χ1n) is 8.47. The highest BCUT2D eigenvalue weighted by molar-refractivity contribution is 7.32. The number of aryl methyl sites for hydroxylation is 1. The molecule has 1 atom stereocenters. The van der Waals surface area contributed by atoms with Gasteiger partial charge in [-0.1, -0.05) is 42.5 Å². The summed E-state index contributed by atoms with van der Waals surface area (Å²) in [6.45, 7) is 0.0309. The zero-order chi connectivity index (χ0) is 19.9.